The van der Waals surface area contributed by atoms with Crippen LogP contribution in [-0.4, -0.2) is 22.6 Å². The van der Waals surface area contributed by atoms with Crippen LogP contribution in [0.2, 0.25) is 0 Å². The number of carbonyl (C=O) groups is 2. The Morgan fingerprint density at radius 3 is 2.31 bits per heavy atom. The fourth-order valence-electron chi connectivity index (χ4n) is 4.34. The van der Waals surface area contributed by atoms with Gasteiger partial charge in [0.2, 0.25) is 0 Å². The molecular formula is C30H24N2O3. The molecule has 1 amide bonds. The lowest BCUT2D eigenvalue weighted by Crippen LogP contribution is -2.25. The summed E-state index contributed by atoms with van der Waals surface area (Å²) in [6.07, 6.45) is 3.84. The van der Waals surface area contributed by atoms with Crippen molar-refractivity contribution in [3.8, 4) is 5.75 Å². The highest BCUT2D eigenvalue weighted by molar-refractivity contribution is 6.10. The number of carbonyl (C=O) groups excluding carboxylic acids is 2. The van der Waals surface area contributed by atoms with Crippen LogP contribution in [0, 0.1) is 0 Å². The van der Waals surface area contributed by atoms with Crippen LogP contribution in [0.15, 0.2) is 108 Å². The van der Waals surface area contributed by atoms with Crippen molar-refractivity contribution in [1.29, 1.82) is 0 Å². The number of esters is 1. The van der Waals surface area contributed by atoms with Gasteiger partial charge in [-0.2, -0.15) is 5.10 Å². The molecule has 0 spiro atoms. The maximum Gasteiger partial charge on any atom is 0.308 e. The Morgan fingerprint density at radius 1 is 0.886 bits per heavy atom. The van der Waals surface area contributed by atoms with E-state index in [1.165, 1.54) is 11.9 Å². The van der Waals surface area contributed by atoms with Gasteiger partial charge in [0.05, 0.1) is 11.8 Å². The molecule has 0 saturated carbocycles. The van der Waals surface area contributed by atoms with E-state index in [4.69, 9.17) is 9.84 Å². The predicted molar refractivity (Wildman–Crippen MR) is 138 cm³/mol. The highest BCUT2D eigenvalue weighted by atomic mass is 16.5. The first-order valence-corrected chi connectivity index (χ1v) is 11.5. The zero-order valence-electron chi connectivity index (χ0n) is 19.3. The number of ether oxygens (including phenoxy) is 1. The lowest BCUT2D eigenvalue weighted by Gasteiger charge is -2.20. The van der Waals surface area contributed by atoms with E-state index in [1.807, 2.05) is 97.1 Å². The highest BCUT2D eigenvalue weighted by Crippen LogP contribution is 2.38. The molecule has 0 aromatic heterocycles. The molecule has 5 rings (SSSR count). The van der Waals surface area contributed by atoms with Gasteiger partial charge in [-0.3, -0.25) is 9.59 Å². The smallest absolute Gasteiger partial charge is 0.308 e. The Hall–Kier alpha value is -4.51. The third kappa shape index (κ3) is 4.75. The van der Waals surface area contributed by atoms with Crippen molar-refractivity contribution in [3.63, 3.8) is 0 Å². The van der Waals surface area contributed by atoms with Crippen molar-refractivity contribution in [3.05, 3.63) is 120 Å². The molecule has 1 unspecified atom stereocenters. The number of amides is 1. The van der Waals surface area contributed by atoms with Crippen molar-refractivity contribution >= 4 is 34.4 Å². The highest BCUT2D eigenvalue weighted by Gasteiger charge is 2.33. The Balaban J connectivity index is 1.57. The summed E-state index contributed by atoms with van der Waals surface area (Å²) in [5.74, 6) is -0.151. The molecule has 1 aliphatic heterocycles. The van der Waals surface area contributed by atoms with Crippen LogP contribution >= 0.6 is 0 Å². The van der Waals surface area contributed by atoms with E-state index in [2.05, 4.69) is 0 Å². The van der Waals surface area contributed by atoms with Gasteiger partial charge >= 0.3 is 5.97 Å². The first-order chi connectivity index (χ1) is 17.1. The van der Waals surface area contributed by atoms with Crippen LogP contribution < -0.4 is 4.74 Å². The van der Waals surface area contributed by atoms with Gasteiger partial charge in [-0.25, -0.2) is 5.01 Å². The minimum Gasteiger partial charge on any atom is -0.425 e. The second kappa shape index (κ2) is 9.77. The van der Waals surface area contributed by atoms with Crippen molar-refractivity contribution in [1.82, 2.24) is 5.01 Å². The summed E-state index contributed by atoms with van der Waals surface area (Å²) in [5.41, 5.74) is 3.33. The lowest BCUT2D eigenvalue weighted by atomic mass is 9.96. The largest absolute Gasteiger partial charge is 0.425 e. The van der Waals surface area contributed by atoms with E-state index in [1.54, 1.807) is 12.2 Å². The Kier molecular flexibility index (Phi) is 6.22. The fraction of sp³-hybridized carbons (Fsp3) is 0.100. The molecule has 5 nitrogen and oxygen atoms in total. The number of hydrogen-bond donors (Lipinski definition) is 0. The van der Waals surface area contributed by atoms with Gasteiger partial charge in [-0.05, 0) is 28.7 Å². The first kappa shape index (κ1) is 22.3. The number of fused-ring (bicyclic) bond motifs is 1. The molecule has 0 fully saturated rings. The van der Waals surface area contributed by atoms with E-state index in [0.717, 1.165) is 21.9 Å². The van der Waals surface area contributed by atoms with E-state index < -0.39 is 5.97 Å². The van der Waals surface area contributed by atoms with Crippen LogP contribution in [0.4, 0.5) is 0 Å². The molecule has 5 heteroatoms. The number of rotatable bonds is 5. The van der Waals surface area contributed by atoms with Gasteiger partial charge in [0.1, 0.15) is 5.75 Å². The summed E-state index contributed by atoms with van der Waals surface area (Å²) < 4.78 is 5.68. The summed E-state index contributed by atoms with van der Waals surface area (Å²) in [4.78, 5) is 25.3. The average Bonchev–Trinajstić information content (AvgIpc) is 3.34. The molecule has 172 valence electrons. The van der Waals surface area contributed by atoms with Gasteiger partial charge < -0.3 is 4.74 Å². The molecule has 0 aliphatic carbocycles. The van der Waals surface area contributed by atoms with Gasteiger partial charge in [0, 0.05) is 30.4 Å². The molecule has 0 N–H and O–H groups in total. The summed E-state index contributed by atoms with van der Waals surface area (Å²) in [7, 11) is 0. The average molecular weight is 461 g/mol. The van der Waals surface area contributed by atoms with Crippen LogP contribution in [0.5, 0.6) is 5.75 Å². The summed E-state index contributed by atoms with van der Waals surface area (Å²) in [6.45, 7) is 1.39. The Labute approximate surface area is 204 Å². The maximum absolute atomic E-state index is 13.3. The molecule has 1 heterocycles. The topological polar surface area (TPSA) is 59.0 Å². The van der Waals surface area contributed by atoms with Crippen LogP contribution in [-0.2, 0) is 9.59 Å². The third-order valence-corrected chi connectivity index (χ3v) is 5.97. The molecule has 0 bridgehead atoms. The summed E-state index contributed by atoms with van der Waals surface area (Å²) >= 11 is 0. The van der Waals surface area contributed by atoms with Crippen LogP contribution in [0.25, 0.3) is 16.8 Å². The van der Waals surface area contributed by atoms with Gasteiger partial charge in [0.15, 0.2) is 0 Å². The quantitative estimate of drug-likeness (QED) is 0.204. The minimum atomic E-state index is -0.403. The molecule has 0 radical (unpaired) electrons. The zero-order valence-corrected chi connectivity index (χ0v) is 19.3. The van der Waals surface area contributed by atoms with Crippen LogP contribution in [0.3, 0.4) is 0 Å². The summed E-state index contributed by atoms with van der Waals surface area (Å²) in [6, 6.07) is 30.9. The number of nitrogens with zero attached hydrogens (tertiary/aromatic N) is 2. The Bertz CT molecular complexity index is 1440. The van der Waals surface area contributed by atoms with E-state index in [0.29, 0.717) is 23.4 Å². The van der Waals surface area contributed by atoms with Crippen molar-refractivity contribution in [2.24, 2.45) is 5.10 Å². The molecule has 4 aromatic carbocycles. The minimum absolute atomic E-state index is 0.215. The molecule has 4 aromatic rings. The fourth-order valence-corrected chi connectivity index (χ4v) is 4.34. The normalized spacial score (nSPS) is 15.4. The number of benzene rings is 4. The zero-order chi connectivity index (χ0) is 24.2. The SMILES string of the molecule is CC(=O)Oc1c(C2=NN(C(=O)C=Cc3ccccc3)C(c3ccccc3)C2)ccc2ccccc12. The monoisotopic (exact) mass is 460 g/mol. The van der Waals surface area contributed by atoms with Gasteiger partial charge in [0.25, 0.3) is 5.91 Å². The maximum atomic E-state index is 13.3. The predicted octanol–water partition coefficient (Wildman–Crippen LogP) is 6.16. The van der Waals surface area contributed by atoms with E-state index >= 15 is 0 Å². The molecule has 1 atom stereocenters. The first-order valence-electron chi connectivity index (χ1n) is 11.5. The molecule has 35 heavy (non-hydrogen) atoms. The summed E-state index contributed by atoms with van der Waals surface area (Å²) in [5, 5.41) is 8.07. The molecule has 1 aliphatic rings. The molecular weight excluding hydrogens is 436 g/mol. The standard InChI is InChI=1S/C30H24N2O3/c1-21(33)35-30-25-15-9-8-12-23(25)17-18-26(30)27-20-28(24-13-6-3-7-14-24)32(31-27)29(34)19-16-22-10-4-2-5-11-22/h2-19,28H,20H2,1H3. The van der Waals surface area contributed by atoms with Gasteiger partial charge in [-0.1, -0.05) is 91.0 Å². The van der Waals surface area contributed by atoms with Crippen molar-refractivity contribution < 1.29 is 14.3 Å². The Morgan fingerprint density at radius 2 is 1.57 bits per heavy atom. The number of hydrogen-bond acceptors (Lipinski definition) is 4. The van der Waals surface area contributed by atoms with Crippen molar-refractivity contribution in [2.45, 2.75) is 19.4 Å². The second-order valence-corrected chi connectivity index (χ2v) is 8.36. The molecule has 0 saturated heterocycles. The van der Waals surface area contributed by atoms with E-state index in [9.17, 15) is 9.59 Å². The van der Waals surface area contributed by atoms with Crippen LogP contribution in [0.1, 0.15) is 36.1 Å². The van der Waals surface area contributed by atoms with E-state index in [-0.39, 0.29) is 11.9 Å². The second-order valence-electron chi connectivity index (χ2n) is 8.36. The van der Waals surface area contributed by atoms with Crippen molar-refractivity contribution in [2.75, 3.05) is 0 Å². The van der Waals surface area contributed by atoms with Gasteiger partial charge in [-0.15, -0.1) is 0 Å². The lowest BCUT2D eigenvalue weighted by molar-refractivity contribution is -0.132. The third-order valence-electron chi connectivity index (χ3n) is 5.97. The number of hydrazone groups is 1.